The van der Waals surface area contributed by atoms with Gasteiger partial charge in [-0.1, -0.05) is 41.4 Å². The van der Waals surface area contributed by atoms with Crippen molar-refractivity contribution in [2.45, 2.75) is 6.54 Å². The monoisotopic (exact) mass is 415 g/mol. The number of hydrogen-bond acceptors (Lipinski definition) is 3. The van der Waals surface area contributed by atoms with Gasteiger partial charge in [0.05, 0.1) is 10.0 Å². The zero-order valence-corrected chi connectivity index (χ0v) is 16.0. The fraction of sp³-hybridized carbons (Fsp3) is 0.0500. The molecule has 2 N–H and O–H groups in total. The maximum Gasteiger partial charge on any atom is 0.274 e. The zero-order valence-electron chi connectivity index (χ0n) is 14.5. The molecule has 8 heteroatoms. The highest BCUT2D eigenvalue weighted by Crippen LogP contribution is 2.24. The summed E-state index contributed by atoms with van der Waals surface area (Å²) in [4.78, 5) is 37.0. The lowest BCUT2D eigenvalue weighted by Gasteiger charge is -2.10. The smallest absolute Gasteiger partial charge is 0.274 e. The van der Waals surface area contributed by atoms with Crippen molar-refractivity contribution in [3.8, 4) is 0 Å². The Labute approximate surface area is 170 Å². The van der Waals surface area contributed by atoms with Crippen molar-refractivity contribution in [3.05, 3.63) is 92.8 Å². The Bertz CT molecular complexity index is 1080. The summed E-state index contributed by atoms with van der Waals surface area (Å²) >= 11 is 11.8. The Morgan fingerprint density at radius 1 is 0.893 bits per heavy atom. The first-order valence-electron chi connectivity index (χ1n) is 8.25. The maximum atomic E-state index is 12.6. The van der Waals surface area contributed by atoms with Gasteiger partial charge in [-0.05, 0) is 42.5 Å². The van der Waals surface area contributed by atoms with E-state index < -0.39 is 17.4 Å². The van der Waals surface area contributed by atoms with E-state index in [4.69, 9.17) is 23.2 Å². The number of halogens is 2. The van der Waals surface area contributed by atoms with E-state index in [-0.39, 0.29) is 12.2 Å². The lowest BCUT2D eigenvalue weighted by atomic mass is 10.2. The van der Waals surface area contributed by atoms with E-state index in [1.807, 2.05) is 0 Å². The number of benzene rings is 2. The van der Waals surface area contributed by atoms with E-state index in [0.29, 0.717) is 21.3 Å². The number of pyridine rings is 1. The molecule has 0 radical (unpaired) electrons. The minimum atomic E-state index is -0.490. The molecule has 1 aromatic heterocycles. The minimum Gasteiger partial charge on any atom is -0.324 e. The zero-order chi connectivity index (χ0) is 20.1. The first kappa shape index (κ1) is 19.7. The van der Waals surface area contributed by atoms with Crippen LogP contribution in [0.2, 0.25) is 10.0 Å². The summed E-state index contributed by atoms with van der Waals surface area (Å²) in [7, 11) is 0. The summed E-state index contributed by atoms with van der Waals surface area (Å²) in [5.74, 6) is -0.831. The summed E-state index contributed by atoms with van der Waals surface area (Å²) in [6, 6.07) is 16.3. The molecule has 2 aromatic carbocycles. The second kappa shape index (κ2) is 8.73. The molecule has 0 spiro atoms. The number of carbonyl (C=O) groups is 2. The van der Waals surface area contributed by atoms with Crippen LogP contribution in [0, 0.1) is 0 Å². The van der Waals surface area contributed by atoms with Crippen molar-refractivity contribution in [1.29, 1.82) is 0 Å². The van der Waals surface area contributed by atoms with Crippen LogP contribution in [0.4, 0.5) is 11.4 Å². The minimum absolute atomic E-state index is 0.0821. The Morgan fingerprint density at radius 2 is 1.64 bits per heavy atom. The second-order valence-corrected chi connectivity index (χ2v) is 6.67. The summed E-state index contributed by atoms with van der Waals surface area (Å²) in [6.07, 6.45) is 1.47. The van der Waals surface area contributed by atoms with Crippen molar-refractivity contribution in [2.75, 3.05) is 10.6 Å². The molecule has 3 rings (SSSR count). The summed E-state index contributed by atoms with van der Waals surface area (Å²) < 4.78 is 1.20. The molecule has 0 bridgehead atoms. The van der Waals surface area contributed by atoms with Gasteiger partial charge in [0.1, 0.15) is 12.2 Å². The first-order valence-corrected chi connectivity index (χ1v) is 9.00. The van der Waals surface area contributed by atoms with Gasteiger partial charge in [0, 0.05) is 17.4 Å². The molecule has 0 aliphatic carbocycles. The van der Waals surface area contributed by atoms with Gasteiger partial charge in [0.2, 0.25) is 5.91 Å². The Hall–Kier alpha value is -3.09. The third-order valence-electron chi connectivity index (χ3n) is 3.82. The quantitative estimate of drug-likeness (QED) is 0.659. The summed E-state index contributed by atoms with van der Waals surface area (Å²) in [6.45, 7) is -0.228. The van der Waals surface area contributed by atoms with E-state index in [2.05, 4.69) is 10.6 Å². The molecule has 6 nitrogen and oxygen atoms in total. The van der Waals surface area contributed by atoms with E-state index in [0.717, 1.165) is 0 Å². The highest BCUT2D eigenvalue weighted by molar-refractivity contribution is 6.42. The SMILES string of the molecule is O=C(Cn1cccc(NC(=O)c2ccccc2)c1=O)Nc1ccc(Cl)c(Cl)c1. The molecule has 0 saturated heterocycles. The van der Waals surface area contributed by atoms with Crippen molar-refractivity contribution in [1.82, 2.24) is 4.57 Å². The topological polar surface area (TPSA) is 80.2 Å². The van der Waals surface area contributed by atoms with E-state index in [1.165, 1.54) is 22.9 Å². The number of aromatic nitrogens is 1. The Kier molecular flexibility index (Phi) is 6.13. The molecule has 142 valence electrons. The van der Waals surface area contributed by atoms with Crippen molar-refractivity contribution < 1.29 is 9.59 Å². The van der Waals surface area contributed by atoms with Gasteiger partial charge < -0.3 is 15.2 Å². The number of hydrogen-bond donors (Lipinski definition) is 2. The van der Waals surface area contributed by atoms with Gasteiger partial charge in [-0.2, -0.15) is 0 Å². The second-order valence-electron chi connectivity index (χ2n) is 5.85. The van der Waals surface area contributed by atoms with Crippen LogP contribution in [-0.4, -0.2) is 16.4 Å². The van der Waals surface area contributed by atoms with Gasteiger partial charge in [-0.15, -0.1) is 0 Å². The summed E-state index contributed by atoms with van der Waals surface area (Å²) in [5, 5.41) is 5.89. The third kappa shape index (κ3) is 4.79. The highest BCUT2D eigenvalue weighted by atomic mass is 35.5. The predicted octanol–water partition coefficient (Wildman–Crippen LogP) is 4.05. The van der Waals surface area contributed by atoms with Gasteiger partial charge in [0.25, 0.3) is 11.5 Å². The molecule has 0 fully saturated rings. The predicted molar refractivity (Wildman–Crippen MR) is 110 cm³/mol. The van der Waals surface area contributed by atoms with E-state index in [1.54, 1.807) is 48.5 Å². The molecule has 1 heterocycles. The largest absolute Gasteiger partial charge is 0.324 e. The fourth-order valence-electron chi connectivity index (χ4n) is 2.47. The molecular formula is C20H15Cl2N3O3. The molecule has 28 heavy (non-hydrogen) atoms. The molecular weight excluding hydrogens is 401 g/mol. The maximum absolute atomic E-state index is 12.6. The van der Waals surface area contributed by atoms with Crippen LogP contribution in [0.25, 0.3) is 0 Å². The molecule has 3 aromatic rings. The normalized spacial score (nSPS) is 10.4. The lowest BCUT2D eigenvalue weighted by Crippen LogP contribution is -2.30. The number of nitrogens with one attached hydrogen (secondary N) is 2. The van der Waals surface area contributed by atoms with Crippen LogP contribution < -0.4 is 16.2 Å². The Balaban J connectivity index is 1.72. The molecule has 2 amide bonds. The standard InChI is InChI=1S/C20H15Cl2N3O3/c21-15-9-8-14(11-16(15)22)23-18(26)12-25-10-4-7-17(20(25)28)24-19(27)13-5-2-1-3-6-13/h1-11H,12H2,(H,23,26)(H,24,27). The fourth-order valence-corrected chi connectivity index (χ4v) is 2.77. The molecule has 0 atom stereocenters. The number of nitrogens with zero attached hydrogens (tertiary/aromatic N) is 1. The highest BCUT2D eigenvalue weighted by Gasteiger charge is 2.12. The van der Waals surface area contributed by atoms with Crippen LogP contribution in [0.15, 0.2) is 71.7 Å². The van der Waals surface area contributed by atoms with E-state index >= 15 is 0 Å². The Morgan fingerprint density at radius 3 is 2.36 bits per heavy atom. The average Bonchev–Trinajstić information content (AvgIpc) is 2.68. The number of rotatable bonds is 5. The molecule has 0 aliphatic rings. The van der Waals surface area contributed by atoms with Gasteiger partial charge >= 0.3 is 0 Å². The summed E-state index contributed by atoms with van der Waals surface area (Å²) in [5.41, 5.74) is 0.477. The van der Waals surface area contributed by atoms with Gasteiger partial charge in [0.15, 0.2) is 0 Å². The molecule has 0 aliphatic heterocycles. The van der Waals surface area contributed by atoms with Crippen LogP contribution in [0.3, 0.4) is 0 Å². The average molecular weight is 416 g/mol. The van der Waals surface area contributed by atoms with Crippen LogP contribution in [0.5, 0.6) is 0 Å². The van der Waals surface area contributed by atoms with Crippen molar-refractivity contribution in [3.63, 3.8) is 0 Å². The van der Waals surface area contributed by atoms with Gasteiger partial charge in [-0.3, -0.25) is 14.4 Å². The van der Waals surface area contributed by atoms with E-state index in [9.17, 15) is 14.4 Å². The molecule has 0 unspecified atom stereocenters. The number of carbonyl (C=O) groups excluding carboxylic acids is 2. The van der Waals surface area contributed by atoms with Crippen LogP contribution >= 0.6 is 23.2 Å². The van der Waals surface area contributed by atoms with Crippen LogP contribution in [-0.2, 0) is 11.3 Å². The third-order valence-corrected chi connectivity index (χ3v) is 4.56. The van der Waals surface area contributed by atoms with Crippen molar-refractivity contribution in [2.24, 2.45) is 0 Å². The van der Waals surface area contributed by atoms with Gasteiger partial charge in [-0.25, -0.2) is 0 Å². The van der Waals surface area contributed by atoms with Crippen molar-refractivity contribution >= 4 is 46.4 Å². The number of anilines is 2. The van der Waals surface area contributed by atoms with Crippen LogP contribution in [0.1, 0.15) is 10.4 Å². The first-order chi connectivity index (χ1) is 13.4. The molecule has 0 saturated carbocycles. The lowest BCUT2D eigenvalue weighted by molar-refractivity contribution is -0.116. The number of amides is 2.